The lowest BCUT2D eigenvalue weighted by Crippen LogP contribution is -2.33. The van der Waals surface area contributed by atoms with Gasteiger partial charge in [0.15, 0.2) is 0 Å². The number of carbonyl (C=O) groups is 2. The molecule has 1 saturated carbocycles. The van der Waals surface area contributed by atoms with Crippen LogP contribution in [0.5, 0.6) is 0 Å². The molecule has 0 bridgehead atoms. The number of carboxylic acid groups (broad SMARTS) is 1. The van der Waals surface area contributed by atoms with Crippen LogP contribution in [0, 0.1) is 17.3 Å². The second-order valence-corrected chi connectivity index (χ2v) is 7.30. The molecule has 1 aromatic heterocycles. The summed E-state index contributed by atoms with van der Waals surface area (Å²) >= 11 is 1.67. The molecule has 1 N–H and O–H groups in total. The summed E-state index contributed by atoms with van der Waals surface area (Å²) < 4.78 is 0. The van der Waals surface area contributed by atoms with Crippen molar-refractivity contribution in [3.63, 3.8) is 0 Å². The molecule has 2 heterocycles. The predicted molar refractivity (Wildman–Crippen MR) is 76.4 cm³/mol. The molecule has 4 nitrogen and oxygen atoms in total. The van der Waals surface area contributed by atoms with Crippen LogP contribution in [0.4, 0.5) is 0 Å². The Labute approximate surface area is 122 Å². The first-order valence-electron chi connectivity index (χ1n) is 7.01. The molecule has 3 atom stereocenters. The monoisotopic (exact) mass is 293 g/mol. The molecule has 0 spiro atoms. The van der Waals surface area contributed by atoms with Crippen LogP contribution in [0.15, 0.2) is 17.5 Å². The maximum atomic E-state index is 12.7. The van der Waals surface area contributed by atoms with Crippen molar-refractivity contribution in [1.82, 2.24) is 4.90 Å². The van der Waals surface area contributed by atoms with E-state index in [0.717, 1.165) is 19.4 Å². The van der Waals surface area contributed by atoms with Gasteiger partial charge in [-0.2, -0.15) is 0 Å². The SMILES string of the molecule is CC1(C)C(C(=O)O)C1C(=O)N1CCCC1c1cccs1. The van der Waals surface area contributed by atoms with Crippen molar-refractivity contribution < 1.29 is 14.7 Å². The highest BCUT2D eigenvalue weighted by atomic mass is 32.1. The van der Waals surface area contributed by atoms with Crippen molar-refractivity contribution >= 4 is 23.2 Å². The van der Waals surface area contributed by atoms with Crippen LogP contribution in [-0.2, 0) is 9.59 Å². The number of likely N-dealkylation sites (tertiary alicyclic amines) is 1. The molecule has 3 unspecified atom stereocenters. The van der Waals surface area contributed by atoms with E-state index < -0.39 is 17.3 Å². The van der Waals surface area contributed by atoms with Crippen LogP contribution in [0.25, 0.3) is 0 Å². The van der Waals surface area contributed by atoms with Crippen LogP contribution >= 0.6 is 11.3 Å². The van der Waals surface area contributed by atoms with Crippen LogP contribution in [0.2, 0.25) is 0 Å². The summed E-state index contributed by atoms with van der Waals surface area (Å²) in [5.74, 6) is -1.71. The Bertz CT molecular complexity index is 537. The summed E-state index contributed by atoms with van der Waals surface area (Å²) in [4.78, 5) is 27.1. The zero-order chi connectivity index (χ0) is 14.5. The molecular formula is C15H19NO3S. The van der Waals surface area contributed by atoms with E-state index >= 15 is 0 Å². The summed E-state index contributed by atoms with van der Waals surface area (Å²) in [7, 11) is 0. The van der Waals surface area contributed by atoms with Gasteiger partial charge in [-0.15, -0.1) is 11.3 Å². The zero-order valence-electron chi connectivity index (χ0n) is 11.7. The average Bonchev–Trinajstić information content (AvgIpc) is 2.87. The molecule has 0 aromatic carbocycles. The molecule has 108 valence electrons. The summed E-state index contributed by atoms with van der Waals surface area (Å²) in [6.07, 6.45) is 1.98. The molecule has 20 heavy (non-hydrogen) atoms. The Kier molecular flexibility index (Phi) is 3.12. The number of thiophene rings is 1. The van der Waals surface area contributed by atoms with Gasteiger partial charge in [0.25, 0.3) is 0 Å². The fourth-order valence-electron chi connectivity index (χ4n) is 3.55. The molecule has 2 fully saturated rings. The third kappa shape index (κ3) is 1.95. The highest BCUT2D eigenvalue weighted by Gasteiger charge is 2.67. The first-order chi connectivity index (χ1) is 9.44. The minimum Gasteiger partial charge on any atom is -0.481 e. The molecule has 0 radical (unpaired) electrons. The lowest BCUT2D eigenvalue weighted by Gasteiger charge is -2.24. The smallest absolute Gasteiger partial charge is 0.307 e. The molecule has 1 saturated heterocycles. The fraction of sp³-hybridized carbons (Fsp3) is 0.600. The Morgan fingerprint density at radius 1 is 1.40 bits per heavy atom. The molecule has 3 rings (SSSR count). The maximum absolute atomic E-state index is 12.7. The van der Waals surface area contributed by atoms with E-state index in [2.05, 4.69) is 6.07 Å². The Hall–Kier alpha value is -1.36. The maximum Gasteiger partial charge on any atom is 0.307 e. The van der Waals surface area contributed by atoms with E-state index in [1.54, 1.807) is 11.3 Å². The van der Waals surface area contributed by atoms with Crippen LogP contribution < -0.4 is 0 Å². The van der Waals surface area contributed by atoms with Crippen molar-refractivity contribution in [1.29, 1.82) is 0 Å². The predicted octanol–water partition coefficient (Wildman–Crippen LogP) is 2.77. The largest absolute Gasteiger partial charge is 0.481 e. The average molecular weight is 293 g/mol. The van der Waals surface area contributed by atoms with Gasteiger partial charge in [0.05, 0.1) is 17.9 Å². The van der Waals surface area contributed by atoms with Gasteiger partial charge >= 0.3 is 5.97 Å². The fourth-order valence-corrected chi connectivity index (χ4v) is 4.42. The van der Waals surface area contributed by atoms with Gasteiger partial charge in [-0.3, -0.25) is 9.59 Å². The number of hydrogen-bond acceptors (Lipinski definition) is 3. The highest BCUT2D eigenvalue weighted by Crippen LogP contribution is 2.59. The van der Waals surface area contributed by atoms with Gasteiger partial charge in [-0.25, -0.2) is 0 Å². The van der Waals surface area contributed by atoms with E-state index in [1.807, 2.05) is 30.2 Å². The molecule has 2 aliphatic rings. The third-order valence-corrected chi connectivity index (χ3v) is 5.74. The molecule has 1 aromatic rings. The van der Waals surface area contributed by atoms with E-state index in [9.17, 15) is 14.7 Å². The molecule has 1 aliphatic carbocycles. The van der Waals surface area contributed by atoms with Gasteiger partial charge in [0, 0.05) is 11.4 Å². The normalized spacial score (nSPS) is 31.3. The summed E-state index contributed by atoms with van der Waals surface area (Å²) in [6.45, 7) is 4.51. The topological polar surface area (TPSA) is 57.6 Å². The minimum atomic E-state index is -0.847. The van der Waals surface area contributed by atoms with Crippen molar-refractivity contribution in [2.45, 2.75) is 32.7 Å². The molecule has 5 heteroatoms. The standard InChI is InChI=1S/C15H19NO3S/c1-15(2)11(12(15)14(18)19)13(17)16-7-3-5-9(16)10-6-4-8-20-10/h4,6,8-9,11-12H,3,5,7H2,1-2H3,(H,18,19). The van der Waals surface area contributed by atoms with E-state index in [-0.39, 0.29) is 17.9 Å². The number of aliphatic carboxylic acids is 1. The number of carbonyl (C=O) groups excluding carboxylic acids is 1. The first kappa shape index (κ1) is 13.6. The number of hydrogen-bond donors (Lipinski definition) is 1. The number of carboxylic acids is 1. The van der Waals surface area contributed by atoms with Crippen LogP contribution in [-0.4, -0.2) is 28.4 Å². The minimum absolute atomic E-state index is 0.0262. The van der Waals surface area contributed by atoms with Crippen molar-refractivity contribution in [3.05, 3.63) is 22.4 Å². The summed E-state index contributed by atoms with van der Waals surface area (Å²) in [5.41, 5.74) is -0.411. The lowest BCUT2D eigenvalue weighted by molar-refractivity contribution is -0.142. The molecular weight excluding hydrogens is 274 g/mol. The number of nitrogens with zero attached hydrogens (tertiary/aromatic N) is 1. The van der Waals surface area contributed by atoms with Crippen LogP contribution in [0.3, 0.4) is 0 Å². The Balaban J connectivity index is 1.79. The summed E-state index contributed by atoms with van der Waals surface area (Å²) in [6, 6.07) is 4.21. The van der Waals surface area contributed by atoms with Crippen molar-refractivity contribution in [2.24, 2.45) is 17.3 Å². The van der Waals surface area contributed by atoms with Crippen LogP contribution in [0.1, 0.15) is 37.6 Å². The first-order valence-corrected chi connectivity index (χ1v) is 7.89. The van der Waals surface area contributed by atoms with Gasteiger partial charge < -0.3 is 10.0 Å². The van der Waals surface area contributed by atoms with Gasteiger partial charge in [-0.05, 0) is 29.7 Å². The van der Waals surface area contributed by atoms with Gasteiger partial charge in [-0.1, -0.05) is 19.9 Å². The second kappa shape index (κ2) is 4.58. The molecule has 1 amide bonds. The molecule has 1 aliphatic heterocycles. The van der Waals surface area contributed by atoms with E-state index in [1.165, 1.54) is 4.88 Å². The van der Waals surface area contributed by atoms with E-state index in [4.69, 9.17) is 0 Å². The van der Waals surface area contributed by atoms with E-state index in [0.29, 0.717) is 0 Å². The van der Waals surface area contributed by atoms with Crippen molar-refractivity contribution in [2.75, 3.05) is 6.54 Å². The van der Waals surface area contributed by atoms with Gasteiger partial charge in [0.2, 0.25) is 5.91 Å². The third-order valence-electron chi connectivity index (χ3n) is 4.77. The quantitative estimate of drug-likeness (QED) is 0.932. The zero-order valence-corrected chi connectivity index (χ0v) is 12.5. The number of rotatable bonds is 3. The highest BCUT2D eigenvalue weighted by molar-refractivity contribution is 7.10. The Morgan fingerprint density at radius 3 is 2.70 bits per heavy atom. The van der Waals surface area contributed by atoms with Gasteiger partial charge in [0.1, 0.15) is 0 Å². The second-order valence-electron chi connectivity index (χ2n) is 6.32. The lowest BCUT2D eigenvalue weighted by atomic mass is 10.1. The number of amides is 1. The Morgan fingerprint density at radius 2 is 2.15 bits per heavy atom. The van der Waals surface area contributed by atoms with Crippen molar-refractivity contribution in [3.8, 4) is 0 Å². The summed E-state index contributed by atoms with van der Waals surface area (Å²) in [5, 5.41) is 11.3.